The van der Waals surface area contributed by atoms with Gasteiger partial charge in [-0.1, -0.05) is 11.6 Å². The van der Waals surface area contributed by atoms with Crippen LogP contribution >= 0.6 is 11.6 Å². The molecule has 0 saturated carbocycles. The Hall–Kier alpha value is -3.60. The van der Waals surface area contributed by atoms with Crippen molar-refractivity contribution in [3.63, 3.8) is 0 Å². The Morgan fingerprint density at radius 2 is 1.65 bits per heavy atom. The molecule has 0 heterocycles. The van der Waals surface area contributed by atoms with Gasteiger partial charge in [0.05, 0.1) is 25.3 Å². The second kappa shape index (κ2) is 11.0. The Morgan fingerprint density at radius 1 is 0.968 bits per heavy atom. The van der Waals surface area contributed by atoms with Crippen molar-refractivity contribution < 1.29 is 42.1 Å². The Balaban J connectivity index is 1.90. The first-order valence-corrected chi connectivity index (χ1v) is 8.85. The van der Waals surface area contributed by atoms with E-state index in [1.54, 1.807) is 0 Å². The van der Waals surface area contributed by atoms with Gasteiger partial charge in [0.25, 0.3) is 11.8 Å². The summed E-state index contributed by atoms with van der Waals surface area (Å²) < 4.78 is 43.7. The molecule has 2 aromatic carbocycles. The standard InChI is InChI=1S/C19H17ClF2N2O7/c1-28-13-6-4-11(20)8-12(13)17(26)24-23-16(25)9-30-18(27)10-3-5-14(31-19(21)22)15(7-10)29-2/h3-8,19H,9H2,1-2H3,(H,23,25)(H,24,26). The number of carbonyl (C=O) groups is 3. The fourth-order valence-corrected chi connectivity index (χ4v) is 2.46. The highest BCUT2D eigenvalue weighted by Crippen LogP contribution is 2.29. The maximum atomic E-state index is 12.3. The number of alkyl halides is 2. The molecular weight excluding hydrogens is 442 g/mol. The van der Waals surface area contributed by atoms with Crippen LogP contribution in [0.3, 0.4) is 0 Å². The molecule has 0 unspecified atom stereocenters. The zero-order valence-corrected chi connectivity index (χ0v) is 17.0. The van der Waals surface area contributed by atoms with Crippen molar-refractivity contribution in [3.8, 4) is 17.2 Å². The van der Waals surface area contributed by atoms with Crippen LogP contribution in [0.15, 0.2) is 36.4 Å². The number of esters is 1. The molecule has 0 aliphatic rings. The number of amides is 2. The molecule has 0 bridgehead atoms. The predicted molar refractivity (Wildman–Crippen MR) is 104 cm³/mol. The van der Waals surface area contributed by atoms with Gasteiger partial charge in [0.1, 0.15) is 5.75 Å². The summed E-state index contributed by atoms with van der Waals surface area (Å²) in [5, 5.41) is 0.284. The summed E-state index contributed by atoms with van der Waals surface area (Å²) >= 11 is 5.85. The molecule has 31 heavy (non-hydrogen) atoms. The first-order chi connectivity index (χ1) is 14.7. The van der Waals surface area contributed by atoms with Crippen molar-refractivity contribution in [2.45, 2.75) is 6.61 Å². The number of hydrogen-bond acceptors (Lipinski definition) is 7. The summed E-state index contributed by atoms with van der Waals surface area (Å²) in [6, 6.07) is 7.72. The third-order valence-corrected chi connectivity index (χ3v) is 3.91. The van der Waals surface area contributed by atoms with Crippen molar-refractivity contribution in [2.75, 3.05) is 20.8 Å². The zero-order chi connectivity index (χ0) is 23.0. The Morgan fingerprint density at radius 3 is 2.29 bits per heavy atom. The number of rotatable bonds is 8. The number of carbonyl (C=O) groups excluding carboxylic acids is 3. The third-order valence-electron chi connectivity index (χ3n) is 3.67. The summed E-state index contributed by atoms with van der Waals surface area (Å²) in [5.41, 5.74) is 4.21. The van der Waals surface area contributed by atoms with E-state index in [0.29, 0.717) is 0 Å². The second-order valence-electron chi connectivity index (χ2n) is 5.67. The van der Waals surface area contributed by atoms with Crippen LogP contribution in [-0.4, -0.2) is 45.2 Å². The van der Waals surface area contributed by atoms with Gasteiger partial charge in [0.15, 0.2) is 18.1 Å². The molecule has 0 fully saturated rings. The van der Waals surface area contributed by atoms with Crippen LogP contribution in [0, 0.1) is 0 Å². The molecule has 0 spiro atoms. The minimum absolute atomic E-state index is 0.0704. The molecule has 166 valence electrons. The van der Waals surface area contributed by atoms with E-state index >= 15 is 0 Å². The SMILES string of the molecule is COc1cc(C(=O)OCC(=O)NNC(=O)c2cc(Cl)ccc2OC)ccc1OC(F)F. The quantitative estimate of drug-likeness (QED) is 0.462. The fourth-order valence-electron chi connectivity index (χ4n) is 2.29. The molecule has 0 atom stereocenters. The first kappa shape index (κ1) is 23.7. The largest absolute Gasteiger partial charge is 0.496 e. The summed E-state index contributed by atoms with van der Waals surface area (Å²) in [7, 11) is 2.56. The minimum Gasteiger partial charge on any atom is -0.496 e. The van der Waals surface area contributed by atoms with E-state index in [1.807, 2.05) is 0 Å². The molecule has 2 N–H and O–H groups in total. The highest BCUT2D eigenvalue weighted by molar-refractivity contribution is 6.31. The summed E-state index contributed by atoms with van der Waals surface area (Å²) in [5.74, 6) is -2.64. The number of benzene rings is 2. The summed E-state index contributed by atoms with van der Waals surface area (Å²) in [4.78, 5) is 36.1. The van der Waals surface area contributed by atoms with Crippen molar-refractivity contribution in [2.24, 2.45) is 0 Å². The highest BCUT2D eigenvalue weighted by atomic mass is 35.5. The smallest absolute Gasteiger partial charge is 0.387 e. The molecule has 0 radical (unpaired) electrons. The van der Waals surface area contributed by atoms with E-state index in [4.69, 9.17) is 25.8 Å². The molecule has 9 nitrogen and oxygen atoms in total. The van der Waals surface area contributed by atoms with E-state index in [2.05, 4.69) is 15.6 Å². The Labute approximate surface area is 180 Å². The van der Waals surface area contributed by atoms with Crippen LogP contribution in [0.2, 0.25) is 5.02 Å². The van der Waals surface area contributed by atoms with Crippen molar-refractivity contribution >= 4 is 29.4 Å². The molecule has 0 saturated heterocycles. The monoisotopic (exact) mass is 458 g/mol. The molecule has 2 rings (SSSR count). The average molecular weight is 459 g/mol. The van der Waals surface area contributed by atoms with E-state index in [1.165, 1.54) is 32.4 Å². The molecule has 2 amide bonds. The fraction of sp³-hybridized carbons (Fsp3) is 0.211. The lowest BCUT2D eigenvalue weighted by molar-refractivity contribution is -0.125. The summed E-state index contributed by atoms with van der Waals surface area (Å²) in [6.45, 7) is -3.80. The topological polar surface area (TPSA) is 112 Å². The second-order valence-corrected chi connectivity index (χ2v) is 6.10. The van der Waals surface area contributed by atoms with Gasteiger partial charge in [-0.2, -0.15) is 8.78 Å². The van der Waals surface area contributed by atoms with Gasteiger partial charge in [-0.05, 0) is 36.4 Å². The highest BCUT2D eigenvalue weighted by Gasteiger charge is 2.17. The van der Waals surface area contributed by atoms with Crippen LogP contribution in [-0.2, 0) is 9.53 Å². The van der Waals surface area contributed by atoms with Gasteiger partial charge < -0.3 is 18.9 Å². The van der Waals surface area contributed by atoms with Crippen LogP contribution in [0.1, 0.15) is 20.7 Å². The average Bonchev–Trinajstić information content (AvgIpc) is 2.75. The molecular formula is C19H17ClF2N2O7. The zero-order valence-electron chi connectivity index (χ0n) is 16.2. The van der Waals surface area contributed by atoms with Gasteiger partial charge in [0, 0.05) is 5.02 Å². The lowest BCUT2D eigenvalue weighted by atomic mass is 10.2. The van der Waals surface area contributed by atoms with Crippen molar-refractivity contribution in [1.82, 2.24) is 10.9 Å². The first-order valence-electron chi connectivity index (χ1n) is 8.47. The van der Waals surface area contributed by atoms with Crippen LogP contribution in [0.5, 0.6) is 17.2 Å². The maximum absolute atomic E-state index is 12.3. The van der Waals surface area contributed by atoms with Crippen molar-refractivity contribution in [1.29, 1.82) is 0 Å². The van der Waals surface area contributed by atoms with E-state index < -0.39 is 31.0 Å². The van der Waals surface area contributed by atoms with Crippen molar-refractivity contribution in [3.05, 3.63) is 52.5 Å². The Bertz CT molecular complexity index is 972. The number of nitrogens with one attached hydrogen (secondary N) is 2. The number of hydrogen-bond donors (Lipinski definition) is 2. The number of halogens is 3. The van der Waals surface area contributed by atoms with E-state index in [0.717, 1.165) is 18.2 Å². The summed E-state index contributed by atoms with van der Waals surface area (Å²) in [6.07, 6.45) is 0. The maximum Gasteiger partial charge on any atom is 0.387 e. The minimum atomic E-state index is -3.07. The lowest BCUT2D eigenvalue weighted by Gasteiger charge is -2.12. The lowest BCUT2D eigenvalue weighted by Crippen LogP contribution is -2.43. The van der Waals surface area contributed by atoms with E-state index in [-0.39, 0.29) is 33.4 Å². The molecule has 0 aliphatic heterocycles. The van der Waals surface area contributed by atoms with Crippen LogP contribution in [0.25, 0.3) is 0 Å². The molecule has 12 heteroatoms. The van der Waals surface area contributed by atoms with Gasteiger partial charge in [-0.3, -0.25) is 20.4 Å². The van der Waals surface area contributed by atoms with Gasteiger partial charge in [-0.25, -0.2) is 4.79 Å². The van der Waals surface area contributed by atoms with Crippen LogP contribution in [0.4, 0.5) is 8.78 Å². The number of methoxy groups -OCH3 is 2. The van der Waals surface area contributed by atoms with Crippen LogP contribution < -0.4 is 25.1 Å². The third kappa shape index (κ3) is 6.71. The normalized spacial score (nSPS) is 10.3. The van der Waals surface area contributed by atoms with Gasteiger partial charge in [-0.15, -0.1) is 0 Å². The molecule has 0 aromatic heterocycles. The predicted octanol–water partition coefficient (Wildman–Crippen LogP) is 2.58. The Kier molecular flexibility index (Phi) is 8.38. The number of ether oxygens (including phenoxy) is 4. The van der Waals surface area contributed by atoms with E-state index in [9.17, 15) is 23.2 Å². The number of hydrazine groups is 1. The van der Waals surface area contributed by atoms with Gasteiger partial charge in [0.2, 0.25) is 0 Å². The molecule has 0 aliphatic carbocycles. The molecule has 2 aromatic rings. The van der Waals surface area contributed by atoms with Gasteiger partial charge >= 0.3 is 12.6 Å².